The van der Waals surface area contributed by atoms with Crippen LogP contribution >= 0.6 is 0 Å². The van der Waals surface area contributed by atoms with E-state index >= 15 is 0 Å². The number of nitrogens with two attached hydrogens (primary N) is 1. The van der Waals surface area contributed by atoms with Crippen molar-refractivity contribution in [3.8, 4) is 0 Å². The fourth-order valence-corrected chi connectivity index (χ4v) is 3.13. The van der Waals surface area contributed by atoms with Gasteiger partial charge in [-0.15, -0.1) is 0 Å². The first-order chi connectivity index (χ1) is 10.3. The van der Waals surface area contributed by atoms with E-state index in [0.717, 1.165) is 30.8 Å². The summed E-state index contributed by atoms with van der Waals surface area (Å²) in [5.41, 5.74) is 11.9. The standard InChI is InChI=1S/C18H17N3/c19-16-6-5-13-10-21(12-15(13)9-16)11-14-7-8-20-18-4-2-1-3-17(14)18/h1-9H,10-12,19H2. The zero-order valence-corrected chi connectivity index (χ0v) is 11.8. The van der Waals surface area contributed by atoms with E-state index in [1.54, 1.807) is 0 Å². The summed E-state index contributed by atoms with van der Waals surface area (Å²) in [6.45, 7) is 2.90. The molecular weight excluding hydrogens is 258 g/mol. The summed E-state index contributed by atoms with van der Waals surface area (Å²) in [6.07, 6.45) is 1.90. The molecule has 2 heterocycles. The Balaban J connectivity index is 1.62. The lowest BCUT2D eigenvalue weighted by atomic mass is 10.1. The molecule has 1 aliphatic heterocycles. The maximum atomic E-state index is 5.88. The van der Waals surface area contributed by atoms with Crippen molar-refractivity contribution in [1.82, 2.24) is 9.88 Å². The lowest BCUT2D eigenvalue weighted by Crippen LogP contribution is -2.15. The van der Waals surface area contributed by atoms with Gasteiger partial charge in [0.15, 0.2) is 0 Å². The minimum atomic E-state index is 0.852. The van der Waals surface area contributed by atoms with E-state index in [2.05, 4.69) is 46.3 Å². The van der Waals surface area contributed by atoms with Gasteiger partial charge in [0.1, 0.15) is 0 Å². The average molecular weight is 275 g/mol. The van der Waals surface area contributed by atoms with E-state index < -0.39 is 0 Å². The van der Waals surface area contributed by atoms with E-state index in [1.165, 1.54) is 22.1 Å². The van der Waals surface area contributed by atoms with Gasteiger partial charge in [0.25, 0.3) is 0 Å². The van der Waals surface area contributed by atoms with Gasteiger partial charge in [-0.2, -0.15) is 0 Å². The molecule has 3 nitrogen and oxygen atoms in total. The van der Waals surface area contributed by atoms with Crippen molar-refractivity contribution in [1.29, 1.82) is 0 Å². The van der Waals surface area contributed by atoms with Crippen molar-refractivity contribution in [2.75, 3.05) is 5.73 Å². The molecule has 0 bridgehead atoms. The summed E-state index contributed by atoms with van der Waals surface area (Å²) in [7, 11) is 0. The number of aromatic nitrogens is 1. The zero-order chi connectivity index (χ0) is 14.2. The topological polar surface area (TPSA) is 42.1 Å². The molecule has 0 radical (unpaired) electrons. The Morgan fingerprint density at radius 1 is 1.00 bits per heavy atom. The summed E-state index contributed by atoms with van der Waals surface area (Å²) in [6, 6.07) is 16.7. The lowest BCUT2D eigenvalue weighted by Gasteiger charge is -2.16. The Morgan fingerprint density at radius 2 is 1.86 bits per heavy atom. The van der Waals surface area contributed by atoms with E-state index in [9.17, 15) is 0 Å². The normalized spacial score (nSPS) is 14.5. The summed E-state index contributed by atoms with van der Waals surface area (Å²) < 4.78 is 0. The van der Waals surface area contributed by atoms with E-state index in [-0.39, 0.29) is 0 Å². The minimum absolute atomic E-state index is 0.852. The van der Waals surface area contributed by atoms with Crippen LogP contribution in [0.15, 0.2) is 54.7 Å². The van der Waals surface area contributed by atoms with Crippen LogP contribution in [0.4, 0.5) is 5.69 Å². The molecule has 0 fully saturated rings. The van der Waals surface area contributed by atoms with Crippen molar-refractivity contribution < 1.29 is 0 Å². The van der Waals surface area contributed by atoms with Crippen molar-refractivity contribution in [2.24, 2.45) is 0 Å². The van der Waals surface area contributed by atoms with Crippen molar-refractivity contribution in [3.63, 3.8) is 0 Å². The van der Waals surface area contributed by atoms with Crippen molar-refractivity contribution in [3.05, 3.63) is 71.4 Å². The number of pyridine rings is 1. The summed E-state index contributed by atoms with van der Waals surface area (Å²) >= 11 is 0. The highest BCUT2D eigenvalue weighted by atomic mass is 15.1. The number of fused-ring (bicyclic) bond motifs is 2. The molecule has 0 atom stereocenters. The third-order valence-electron chi connectivity index (χ3n) is 4.15. The lowest BCUT2D eigenvalue weighted by molar-refractivity contribution is 0.276. The summed E-state index contributed by atoms with van der Waals surface area (Å²) in [4.78, 5) is 6.88. The number of hydrogen-bond acceptors (Lipinski definition) is 3. The minimum Gasteiger partial charge on any atom is -0.399 e. The molecule has 3 heteroatoms. The SMILES string of the molecule is Nc1ccc2c(c1)CN(Cc1ccnc3ccccc13)C2. The molecule has 0 unspecified atom stereocenters. The highest BCUT2D eigenvalue weighted by Gasteiger charge is 2.19. The molecule has 0 amide bonds. The van der Waals surface area contributed by atoms with Gasteiger partial charge in [0.05, 0.1) is 5.52 Å². The molecular formula is C18H17N3. The van der Waals surface area contributed by atoms with E-state index in [1.807, 2.05) is 18.3 Å². The average Bonchev–Trinajstić information content (AvgIpc) is 2.89. The fourth-order valence-electron chi connectivity index (χ4n) is 3.13. The third kappa shape index (κ3) is 2.26. The van der Waals surface area contributed by atoms with Gasteiger partial charge in [0, 0.05) is 36.9 Å². The second-order valence-corrected chi connectivity index (χ2v) is 5.66. The number of hydrogen-bond donors (Lipinski definition) is 1. The first-order valence-corrected chi connectivity index (χ1v) is 7.22. The van der Waals surface area contributed by atoms with Crippen LogP contribution in [0.1, 0.15) is 16.7 Å². The van der Waals surface area contributed by atoms with Gasteiger partial charge in [0.2, 0.25) is 0 Å². The number of rotatable bonds is 2. The second-order valence-electron chi connectivity index (χ2n) is 5.66. The largest absolute Gasteiger partial charge is 0.399 e. The third-order valence-corrected chi connectivity index (χ3v) is 4.15. The summed E-state index contributed by atoms with van der Waals surface area (Å²) in [5, 5.41) is 1.25. The van der Waals surface area contributed by atoms with Crippen LogP contribution in [0.2, 0.25) is 0 Å². The number of anilines is 1. The molecule has 0 saturated carbocycles. The van der Waals surface area contributed by atoms with Crippen LogP contribution in [0.25, 0.3) is 10.9 Å². The molecule has 2 N–H and O–H groups in total. The molecule has 21 heavy (non-hydrogen) atoms. The number of para-hydroxylation sites is 1. The molecule has 3 aromatic rings. The molecule has 104 valence electrons. The molecule has 4 rings (SSSR count). The Hall–Kier alpha value is -2.39. The Morgan fingerprint density at radius 3 is 2.81 bits per heavy atom. The summed E-state index contributed by atoms with van der Waals surface area (Å²) in [5.74, 6) is 0. The second kappa shape index (κ2) is 4.86. The van der Waals surface area contributed by atoms with Crippen LogP contribution in [0, 0.1) is 0 Å². The molecule has 1 aromatic heterocycles. The smallest absolute Gasteiger partial charge is 0.0705 e. The fraction of sp³-hybridized carbons (Fsp3) is 0.167. The molecule has 1 aliphatic rings. The molecule has 2 aromatic carbocycles. The van der Waals surface area contributed by atoms with Crippen molar-refractivity contribution in [2.45, 2.75) is 19.6 Å². The quantitative estimate of drug-likeness (QED) is 0.729. The zero-order valence-electron chi connectivity index (χ0n) is 11.8. The van der Waals surface area contributed by atoms with E-state index in [4.69, 9.17) is 5.73 Å². The maximum absolute atomic E-state index is 5.88. The van der Waals surface area contributed by atoms with Crippen LogP contribution < -0.4 is 5.73 Å². The predicted molar refractivity (Wildman–Crippen MR) is 85.5 cm³/mol. The highest BCUT2D eigenvalue weighted by Crippen LogP contribution is 2.27. The van der Waals surface area contributed by atoms with Crippen molar-refractivity contribution >= 4 is 16.6 Å². The number of benzene rings is 2. The number of nitrogens with zero attached hydrogens (tertiary/aromatic N) is 2. The predicted octanol–water partition coefficient (Wildman–Crippen LogP) is 3.33. The van der Waals surface area contributed by atoms with Crippen LogP contribution in [0.5, 0.6) is 0 Å². The number of nitrogen functional groups attached to an aromatic ring is 1. The van der Waals surface area contributed by atoms with Gasteiger partial charge in [-0.1, -0.05) is 24.3 Å². The van der Waals surface area contributed by atoms with Crippen LogP contribution in [-0.4, -0.2) is 9.88 Å². The van der Waals surface area contributed by atoms with Crippen LogP contribution in [0.3, 0.4) is 0 Å². The molecule has 0 spiro atoms. The Bertz CT molecular complexity index is 805. The van der Waals surface area contributed by atoms with Gasteiger partial charge in [-0.25, -0.2) is 0 Å². The van der Waals surface area contributed by atoms with Gasteiger partial charge in [-0.05, 0) is 41.0 Å². The Kier molecular flexibility index (Phi) is 2.86. The molecule has 0 aliphatic carbocycles. The van der Waals surface area contributed by atoms with Crippen LogP contribution in [-0.2, 0) is 19.6 Å². The highest BCUT2D eigenvalue weighted by molar-refractivity contribution is 5.81. The first-order valence-electron chi connectivity index (χ1n) is 7.22. The molecule has 0 saturated heterocycles. The Labute approximate surface area is 124 Å². The van der Waals surface area contributed by atoms with Gasteiger partial charge in [-0.3, -0.25) is 9.88 Å². The monoisotopic (exact) mass is 275 g/mol. The first kappa shape index (κ1) is 12.4. The van der Waals surface area contributed by atoms with Gasteiger partial charge < -0.3 is 5.73 Å². The van der Waals surface area contributed by atoms with E-state index in [0.29, 0.717) is 0 Å². The maximum Gasteiger partial charge on any atom is 0.0705 e. The van der Waals surface area contributed by atoms with Gasteiger partial charge >= 0.3 is 0 Å².